The van der Waals surface area contributed by atoms with Crippen molar-refractivity contribution in [2.45, 2.75) is 12.8 Å². The van der Waals surface area contributed by atoms with Gasteiger partial charge in [0.15, 0.2) is 0 Å². The smallest absolute Gasteiger partial charge is 0.272 e. The Labute approximate surface area is 129 Å². The summed E-state index contributed by atoms with van der Waals surface area (Å²) in [6.45, 7) is 1.64. The summed E-state index contributed by atoms with van der Waals surface area (Å²) in [7, 11) is 1.82. The van der Waals surface area contributed by atoms with Crippen molar-refractivity contribution in [1.29, 1.82) is 0 Å². The molecule has 0 saturated carbocycles. The third-order valence-electron chi connectivity index (χ3n) is 3.94. The van der Waals surface area contributed by atoms with E-state index in [0.29, 0.717) is 16.9 Å². The van der Waals surface area contributed by atoms with E-state index in [-0.39, 0.29) is 11.8 Å². The first-order valence-corrected chi connectivity index (χ1v) is 7.47. The average molecular weight is 297 g/mol. The number of benzene rings is 1. The Kier molecular flexibility index (Phi) is 3.96. The van der Waals surface area contributed by atoms with Gasteiger partial charge in [-0.2, -0.15) is 0 Å². The second-order valence-corrected chi connectivity index (χ2v) is 5.54. The van der Waals surface area contributed by atoms with E-state index in [1.54, 1.807) is 34.9 Å². The van der Waals surface area contributed by atoms with Gasteiger partial charge in [-0.1, -0.05) is 6.07 Å². The Morgan fingerprint density at radius 1 is 1.09 bits per heavy atom. The number of hydrogen-bond donors (Lipinski definition) is 1. The summed E-state index contributed by atoms with van der Waals surface area (Å²) < 4.78 is 1.76. The molecule has 1 aromatic heterocycles. The molecule has 2 amide bonds. The highest BCUT2D eigenvalue weighted by Gasteiger charge is 2.19. The van der Waals surface area contributed by atoms with Crippen LogP contribution in [0.5, 0.6) is 0 Å². The number of aromatic nitrogens is 1. The van der Waals surface area contributed by atoms with Crippen LogP contribution in [0.2, 0.25) is 0 Å². The molecule has 5 nitrogen and oxygen atoms in total. The lowest BCUT2D eigenvalue weighted by molar-refractivity contribution is 0.0792. The summed E-state index contributed by atoms with van der Waals surface area (Å²) in [5, 5.41) is 2.84. The fourth-order valence-electron chi connectivity index (χ4n) is 2.72. The molecule has 1 aliphatic rings. The molecular weight excluding hydrogens is 278 g/mol. The van der Waals surface area contributed by atoms with Crippen molar-refractivity contribution in [2.75, 3.05) is 18.4 Å². The van der Waals surface area contributed by atoms with Crippen LogP contribution in [-0.2, 0) is 7.05 Å². The lowest BCUT2D eigenvalue weighted by atomic mass is 10.1. The molecule has 2 heterocycles. The molecule has 1 saturated heterocycles. The molecule has 0 radical (unpaired) electrons. The van der Waals surface area contributed by atoms with Crippen molar-refractivity contribution >= 4 is 17.5 Å². The van der Waals surface area contributed by atoms with Crippen molar-refractivity contribution < 1.29 is 9.59 Å². The first kappa shape index (κ1) is 14.4. The van der Waals surface area contributed by atoms with Gasteiger partial charge in [0.1, 0.15) is 5.69 Å². The van der Waals surface area contributed by atoms with E-state index in [1.807, 2.05) is 24.2 Å². The molecule has 5 heteroatoms. The van der Waals surface area contributed by atoms with Crippen molar-refractivity contribution in [3.05, 3.63) is 53.9 Å². The van der Waals surface area contributed by atoms with Crippen molar-refractivity contribution in [3.8, 4) is 0 Å². The maximum absolute atomic E-state index is 12.4. The van der Waals surface area contributed by atoms with Gasteiger partial charge in [-0.05, 0) is 43.2 Å². The number of hydrogen-bond acceptors (Lipinski definition) is 2. The lowest BCUT2D eigenvalue weighted by Gasteiger charge is -2.15. The molecule has 0 bridgehead atoms. The van der Waals surface area contributed by atoms with Crippen LogP contribution in [0, 0.1) is 0 Å². The first-order chi connectivity index (χ1) is 10.6. The van der Waals surface area contributed by atoms with E-state index in [2.05, 4.69) is 5.32 Å². The number of likely N-dealkylation sites (tertiary alicyclic amines) is 1. The van der Waals surface area contributed by atoms with Gasteiger partial charge in [0.05, 0.1) is 0 Å². The van der Waals surface area contributed by atoms with Gasteiger partial charge in [-0.25, -0.2) is 0 Å². The van der Waals surface area contributed by atoms with Gasteiger partial charge < -0.3 is 14.8 Å². The normalized spacial score (nSPS) is 14.1. The largest absolute Gasteiger partial charge is 0.347 e. The second-order valence-electron chi connectivity index (χ2n) is 5.54. The zero-order chi connectivity index (χ0) is 15.5. The molecule has 114 valence electrons. The molecule has 1 N–H and O–H groups in total. The van der Waals surface area contributed by atoms with Crippen molar-refractivity contribution in [3.63, 3.8) is 0 Å². The fraction of sp³-hybridized carbons (Fsp3) is 0.294. The maximum atomic E-state index is 12.4. The Morgan fingerprint density at radius 3 is 2.55 bits per heavy atom. The zero-order valence-electron chi connectivity index (χ0n) is 12.6. The Balaban J connectivity index is 1.75. The monoisotopic (exact) mass is 297 g/mol. The number of carbonyl (C=O) groups is 2. The Hall–Kier alpha value is -2.56. The fourth-order valence-corrected chi connectivity index (χ4v) is 2.72. The zero-order valence-corrected chi connectivity index (χ0v) is 12.6. The van der Waals surface area contributed by atoms with E-state index in [9.17, 15) is 9.59 Å². The number of anilines is 1. The molecule has 1 fully saturated rings. The Morgan fingerprint density at radius 2 is 1.86 bits per heavy atom. The van der Waals surface area contributed by atoms with E-state index >= 15 is 0 Å². The van der Waals surface area contributed by atoms with E-state index in [4.69, 9.17) is 0 Å². The van der Waals surface area contributed by atoms with Crippen LogP contribution in [0.4, 0.5) is 5.69 Å². The second kappa shape index (κ2) is 6.05. The summed E-state index contributed by atoms with van der Waals surface area (Å²) in [5.41, 5.74) is 1.83. The summed E-state index contributed by atoms with van der Waals surface area (Å²) in [6.07, 6.45) is 3.95. The minimum absolute atomic E-state index is 0.0347. The van der Waals surface area contributed by atoms with Crippen LogP contribution in [-0.4, -0.2) is 34.4 Å². The van der Waals surface area contributed by atoms with Gasteiger partial charge in [-0.15, -0.1) is 0 Å². The molecule has 22 heavy (non-hydrogen) atoms. The average Bonchev–Trinajstić information content (AvgIpc) is 3.18. The summed E-state index contributed by atoms with van der Waals surface area (Å²) >= 11 is 0. The highest BCUT2D eigenvalue weighted by Crippen LogP contribution is 2.17. The van der Waals surface area contributed by atoms with Crippen LogP contribution in [0.3, 0.4) is 0 Å². The third-order valence-corrected chi connectivity index (χ3v) is 3.94. The molecule has 0 unspecified atom stereocenters. The van der Waals surface area contributed by atoms with E-state index in [0.717, 1.165) is 25.9 Å². The third kappa shape index (κ3) is 2.88. The summed E-state index contributed by atoms with van der Waals surface area (Å²) in [5.74, 6) is -0.147. The van der Waals surface area contributed by atoms with Gasteiger partial charge in [0.2, 0.25) is 0 Å². The summed E-state index contributed by atoms with van der Waals surface area (Å²) in [6, 6.07) is 10.7. The van der Waals surface area contributed by atoms with Crippen LogP contribution >= 0.6 is 0 Å². The number of carbonyl (C=O) groups excluding carboxylic acids is 2. The number of nitrogens with zero attached hydrogens (tertiary/aromatic N) is 2. The molecule has 1 aromatic carbocycles. The first-order valence-electron chi connectivity index (χ1n) is 7.47. The molecule has 1 aliphatic heterocycles. The minimum Gasteiger partial charge on any atom is -0.347 e. The van der Waals surface area contributed by atoms with Crippen molar-refractivity contribution in [2.24, 2.45) is 7.05 Å². The number of aryl methyl sites for hydroxylation is 1. The van der Waals surface area contributed by atoms with E-state index < -0.39 is 0 Å². The summed E-state index contributed by atoms with van der Waals surface area (Å²) in [4.78, 5) is 26.4. The van der Waals surface area contributed by atoms with Gasteiger partial charge in [-0.3, -0.25) is 9.59 Å². The van der Waals surface area contributed by atoms with Crippen molar-refractivity contribution in [1.82, 2.24) is 9.47 Å². The standard InChI is InChI=1S/C17H19N3O2/c1-19-9-5-8-15(19)16(21)18-14-7-4-6-13(12-14)17(22)20-10-2-3-11-20/h4-9,12H,2-3,10-11H2,1H3,(H,18,21). The van der Waals surface area contributed by atoms with Gasteiger partial charge >= 0.3 is 0 Å². The van der Waals surface area contributed by atoms with Crippen LogP contribution in [0.1, 0.15) is 33.7 Å². The maximum Gasteiger partial charge on any atom is 0.272 e. The number of amides is 2. The topological polar surface area (TPSA) is 54.3 Å². The minimum atomic E-state index is -0.182. The lowest BCUT2D eigenvalue weighted by Crippen LogP contribution is -2.27. The quantitative estimate of drug-likeness (QED) is 0.946. The van der Waals surface area contributed by atoms with Gasteiger partial charge in [0.25, 0.3) is 11.8 Å². The molecule has 0 aliphatic carbocycles. The number of rotatable bonds is 3. The molecular formula is C17H19N3O2. The molecule has 3 rings (SSSR count). The predicted molar refractivity (Wildman–Crippen MR) is 84.9 cm³/mol. The Bertz CT molecular complexity index is 699. The predicted octanol–water partition coefficient (Wildman–Crippen LogP) is 2.51. The van der Waals surface area contributed by atoms with Crippen LogP contribution in [0.25, 0.3) is 0 Å². The van der Waals surface area contributed by atoms with Gasteiger partial charge in [0, 0.05) is 37.6 Å². The molecule has 0 spiro atoms. The van der Waals surface area contributed by atoms with E-state index in [1.165, 1.54) is 0 Å². The molecule has 2 aromatic rings. The number of nitrogens with one attached hydrogen (secondary N) is 1. The molecule has 0 atom stereocenters. The SMILES string of the molecule is Cn1cccc1C(=O)Nc1cccc(C(=O)N2CCCC2)c1. The highest BCUT2D eigenvalue weighted by molar-refractivity contribution is 6.04. The van der Waals surface area contributed by atoms with Crippen LogP contribution in [0.15, 0.2) is 42.6 Å². The highest BCUT2D eigenvalue weighted by atomic mass is 16.2. The van der Waals surface area contributed by atoms with Crippen LogP contribution < -0.4 is 5.32 Å².